The molecule has 5 aromatic rings. The van der Waals surface area contributed by atoms with E-state index in [9.17, 15) is 0 Å². The minimum absolute atomic E-state index is 0.672. The number of hydrogen-bond donors (Lipinski definition) is 3. The predicted molar refractivity (Wildman–Crippen MR) is 172 cm³/mol. The SMILES string of the molecule is C=CC(=C)Nc1cccc2c(-c3nc(C(=C)Nc4ccc(C)cc4)c4n3CCN(C(=C)c3ccc[nH]3)C4)cccc12. The van der Waals surface area contributed by atoms with Crippen molar-refractivity contribution in [2.45, 2.75) is 20.0 Å². The van der Waals surface area contributed by atoms with Crippen LogP contribution in [0.1, 0.15) is 22.6 Å². The number of anilines is 2. The molecule has 0 bridgehead atoms. The fourth-order valence-electron chi connectivity index (χ4n) is 5.43. The first-order valence-corrected chi connectivity index (χ1v) is 13.7. The minimum atomic E-state index is 0.672. The van der Waals surface area contributed by atoms with Crippen LogP contribution in [0, 0.1) is 6.92 Å². The third-order valence-electron chi connectivity index (χ3n) is 7.63. The first kappa shape index (κ1) is 26.0. The second-order valence-electron chi connectivity index (χ2n) is 10.4. The van der Waals surface area contributed by atoms with Gasteiger partial charge in [0.2, 0.25) is 0 Å². The number of aromatic nitrogens is 3. The van der Waals surface area contributed by atoms with Crippen LogP contribution in [0.15, 0.2) is 117 Å². The molecule has 3 N–H and O–H groups in total. The van der Waals surface area contributed by atoms with E-state index in [4.69, 9.17) is 4.98 Å². The summed E-state index contributed by atoms with van der Waals surface area (Å²) in [6.07, 6.45) is 3.65. The molecule has 0 radical (unpaired) electrons. The number of aromatic amines is 1. The van der Waals surface area contributed by atoms with Crippen LogP contribution in [0.5, 0.6) is 0 Å². The number of benzene rings is 3. The summed E-state index contributed by atoms with van der Waals surface area (Å²) in [6.45, 7) is 21.1. The zero-order valence-electron chi connectivity index (χ0n) is 23.4. The maximum Gasteiger partial charge on any atom is 0.141 e. The molecule has 1 aliphatic rings. The second kappa shape index (κ2) is 10.7. The molecule has 2 aromatic heterocycles. The van der Waals surface area contributed by atoms with Crippen LogP contribution < -0.4 is 10.6 Å². The number of nitrogens with zero attached hydrogens (tertiary/aromatic N) is 3. The van der Waals surface area contributed by atoms with Crippen LogP contribution in [-0.4, -0.2) is 26.0 Å². The lowest BCUT2D eigenvalue weighted by atomic mass is 10.0. The highest BCUT2D eigenvalue weighted by molar-refractivity contribution is 6.02. The van der Waals surface area contributed by atoms with Crippen LogP contribution in [0.4, 0.5) is 11.4 Å². The van der Waals surface area contributed by atoms with Crippen molar-refractivity contribution in [2.24, 2.45) is 0 Å². The van der Waals surface area contributed by atoms with Gasteiger partial charge in [-0.2, -0.15) is 0 Å². The second-order valence-corrected chi connectivity index (χ2v) is 10.4. The molecule has 3 heterocycles. The predicted octanol–water partition coefficient (Wildman–Crippen LogP) is 8.02. The Bertz CT molecular complexity index is 1790. The first-order chi connectivity index (χ1) is 19.9. The average Bonchev–Trinajstić information content (AvgIpc) is 3.66. The summed E-state index contributed by atoms with van der Waals surface area (Å²) >= 11 is 0. The van der Waals surface area contributed by atoms with E-state index in [0.717, 1.165) is 80.8 Å². The van der Waals surface area contributed by atoms with Crippen molar-refractivity contribution in [2.75, 3.05) is 17.2 Å². The number of H-pyrrole nitrogens is 1. The summed E-state index contributed by atoms with van der Waals surface area (Å²) in [5, 5.41) is 9.09. The molecule has 0 amide bonds. The van der Waals surface area contributed by atoms with Crippen molar-refractivity contribution >= 4 is 33.5 Å². The van der Waals surface area contributed by atoms with E-state index in [-0.39, 0.29) is 0 Å². The zero-order chi connectivity index (χ0) is 28.5. The smallest absolute Gasteiger partial charge is 0.141 e. The third kappa shape index (κ3) is 4.96. The quantitative estimate of drug-likeness (QED) is 0.166. The summed E-state index contributed by atoms with van der Waals surface area (Å²) in [4.78, 5) is 10.9. The van der Waals surface area contributed by atoms with E-state index in [1.807, 2.05) is 12.3 Å². The molecule has 204 valence electrons. The van der Waals surface area contributed by atoms with Crippen LogP contribution in [0.3, 0.4) is 0 Å². The van der Waals surface area contributed by atoms with Crippen LogP contribution >= 0.6 is 0 Å². The molecule has 0 aliphatic carbocycles. The van der Waals surface area contributed by atoms with Gasteiger partial charge in [-0.05, 0) is 48.7 Å². The lowest BCUT2D eigenvalue weighted by molar-refractivity contribution is 0.320. The Kier molecular flexibility index (Phi) is 6.81. The topological polar surface area (TPSA) is 60.9 Å². The molecule has 0 fully saturated rings. The molecule has 0 atom stereocenters. The zero-order valence-corrected chi connectivity index (χ0v) is 23.4. The lowest BCUT2D eigenvalue weighted by Gasteiger charge is -2.32. The molecule has 6 nitrogen and oxygen atoms in total. The summed E-state index contributed by atoms with van der Waals surface area (Å²) in [5.41, 5.74) is 9.72. The van der Waals surface area contributed by atoms with Crippen LogP contribution in [-0.2, 0) is 13.1 Å². The number of nitrogens with one attached hydrogen (secondary N) is 3. The molecule has 6 heteroatoms. The number of rotatable bonds is 9. The molecule has 0 saturated carbocycles. The van der Waals surface area contributed by atoms with E-state index in [2.05, 4.69) is 125 Å². The Morgan fingerprint density at radius 2 is 1.68 bits per heavy atom. The number of fused-ring (bicyclic) bond motifs is 2. The highest BCUT2D eigenvalue weighted by Gasteiger charge is 2.28. The van der Waals surface area contributed by atoms with E-state index >= 15 is 0 Å². The monoisotopic (exact) mass is 538 g/mol. The Labute approximate surface area is 241 Å². The molecule has 0 spiro atoms. The molecular weight excluding hydrogens is 504 g/mol. The van der Waals surface area contributed by atoms with E-state index < -0.39 is 0 Å². The fourth-order valence-corrected chi connectivity index (χ4v) is 5.43. The van der Waals surface area contributed by atoms with Gasteiger partial charge >= 0.3 is 0 Å². The van der Waals surface area contributed by atoms with Gasteiger partial charge in [0.1, 0.15) is 11.5 Å². The Morgan fingerprint density at radius 3 is 2.44 bits per heavy atom. The summed E-state index contributed by atoms with van der Waals surface area (Å²) in [5.74, 6) is 0.928. The summed E-state index contributed by atoms with van der Waals surface area (Å²) in [6, 6.07) is 25.0. The largest absolute Gasteiger partial charge is 0.363 e. The van der Waals surface area contributed by atoms with Crippen molar-refractivity contribution in [1.82, 2.24) is 19.4 Å². The van der Waals surface area contributed by atoms with Gasteiger partial charge in [-0.15, -0.1) is 0 Å². The average molecular weight is 539 g/mol. The highest BCUT2D eigenvalue weighted by Crippen LogP contribution is 2.37. The third-order valence-corrected chi connectivity index (χ3v) is 7.63. The van der Waals surface area contributed by atoms with Crippen molar-refractivity contribution < 1.29 is 0 Å². The Balaban J connectivity index is 1.45. The highest BCUT2D eigenvalue weighted by atomic mass is 15.2. The molecule has 0 unspecified atom stereocenters. The normalized spacial score (nSPS) is 12.6. The first-order valence-electron chi connectivity index (χ1n) is 13.7. The minimum Gasteiger partial charge on any atom is -0.363 e. The van der Waals surface area contributed by atoms with Gasteiger partial charge in [0.25, 0.3) is 0 Å². The van der Waals surface area contributed by atoms with Gasteiger partial charge in [-0.1, -0.05) is 74.3 Å². The number of aryl methyl sites for hydroxylation is 1. The fraction of sp³-hybridized carbons (Fsp3) is 0.114. The van der Waals surface area contributed by atoms with E-state index in [1.165, 1.54) is 5.56 Å². The maximum atomic E-state index is 5.27. The number of allylic oxidation sites excluding steroid dienone is 1. The molecule has 1 aliphatic heterocycles. The van der Waals surface area contributed by atoms with Crippen molar-refractivity contribution in [3.63, 3.8) is 0 Å². The lowest BCUT2D eigenvalue weighted by Crippen LogP contribution is -2.33. The molecule has 0 saturated heterocycles. The number of hydrogen-bond acceptors (Lipinski definition) is 4. The molecule has 6 rings (SSSR count). The van der Waals surface area contributed by atoms with Gasteiger partial charge in [0, 0.05) is 47.3 Å². The van der Waals surface area contributed by atoms with Gasteiger partial charge < -0.3 is 25.1 Å². The maximum absolute atomic E-state index is 5.27. The summed E-state index contributed by atoms with van der Waals surface area (Å²) < 4.78 is 2.34. The van der Waals surface area contributed by atoms with Crippen LogP contribution in [0.25, 0.3) is 33.6 Å². The van der Waals surface area contributed by atoms with Crippen LogP contribution in [0.2, 0.25) is 0 Å². The molecule has 41 heavy (non-hydrogen) atoms. The van der Waals surface area contributed by atoms with E-state index in [1.54, 1.807) is 6.08 Å². The van der Waals surface area contributed by atoms with E-state index in [0.29, 0.717) is 6.54 Å². The standard InChI is InChI=1S/C35H34N6/c1-6-24(3)37-32-13-8-10-28-29(32)11-7-12-30(28)35-39-34(25(4)38-27-17-15-23(2)16-18-27)33-22-40(20-21-41(33)35)26(5)31-14-9-19-36-31/h6-19,36-38H,1,3-5,20-22H2,2H3. The molecule has 3 aromatic carbocycles. The van der Waals surface area contributed by atoms with Crippen molar-refractivity contribution in [3.8, 4) is 11.4 Å². The van der Waals surface area contributed by atoms with Gasteiger partial charge in [-0.3, -0.25) is 0 Å². The summed E-state index contributed by atoms with van der Waals surface area (Å²) in [7, 11) is 0. The van der Waals surface area contributed by atoms with Gasteiger partial charge in [0.05, 0.1) is 29.3 Å². The molecular formula is C35H34N6. The van der Waals surface area contributed by atoms with Gasteiger partial charge in [-0.25, -0.2) is 4.98 Å². The Hall–Kier alpha value is -5.23. The van der Waals surface area contributed by atoms with Crippen molar-refractivity contribution in [1.29, 1.82) is 0 Å². The number of imidazole rings is 1. The van der Waals surface area contributed by atoms with Crippen molar-refractivity contribution in [3.05, 3.63) is 140 Å². The van der Waals surface area contributed by atoms with Gasteiger partial charge in [0.15, 0.2) is 0 Å². The Morgan fingerprint density at radius 1 is 0.902 bits per heavy atom.